The number of benzene rings is 1. The van der Waals surface area contributed by atoms with Crippen LogP contribution in [0.4, 0.5) is 0 Å². The van der Waals surface area contributed by atoms with E-state index in [0.717, 1.165) is 11.6 Å². The van der Waals surface area contributed by atoms with Crippen LogP contribution >= 0.6 is 23.4 Å². The predicted molar refractivity (Wildman–Crippen MR) is 50.6 cm³/mol. The summed E-state index contributed by atoms with van der Waals surface area (Å²) in [5.74, 6) is 2.49. The molecule has 0 saturated heterocycles. The van der Waals surface area contributed by atoms with E-state index < -0.39 is 0 Å². The Kier molecular flexibility index (Phi) is 2.10. The minimum atomic E-state index is 0.581. The summed E-state index contributed by atoms with van der Waals surface area (Å²) in [5.41, 5.74) is 1.44. The van der Waals surface area contributed by atoms with Crippen molar-refractivity contribution in [3.63, 3.8) is 0 Å². The Morgan fingerprint density at radius 3 is 3.09 bits per heavy atom. The van der Waals surface area contributed by atoms with Gasteiger partial charge in [0.25, 0.3) is 0 Å². The molecule has 0 saturated carbocycles. The zero-order chi connectivity index (χ0) is 7.68. The molecule has 1 aromatic carbocycles. The van der Waals surface area contributed by atoms with Gasteiger partial charge < -0.3 is 0 Å². The molecule has 11 heavy (non-hydrogen) atoms. The van der Waals surface area contributed by atoms with Gasteiger partial charge in [-0.2, -0.15) is 0 Å². The van der Waals surface area contributed by atoms with Crippen LogP contribution in [0.25, 0.3) is 0 Å². The lowest BCUT2D eigenvalue weighted by molar-refractivity contribution is 0.891. The zero-order valence-corrected chi connectivity index (χ0v) is 7.66. The standard InChI is InChI=1S/C9H9ClS/c10-5-7-6-11-9-4-2-1-3-8(7)9/h1-4,7H,5-6H2. The Morgan fingerprint density at radius 2 is 2.27 bits per heavy atom. The summed E-state index contributed by atoms with van der Waals surface area (Å²) >= 11 is 7.74. The third-order valence-corrected chi connectivity index (χ3v) is 3.61. The van der Waals surface area contributed by atoms with Crippen molar-refractivity contribution in [2.24, 2.45) is 0 Å². The van der Waals surface area contributed by atoms with E-state index >= 15 is 0 Å². The molecule has 1 aromatic rings. The first kappa shape index (κ1) is 7.51. The van der Waals surface area contributed by atoms with E-state index in [1.54, 1.807) is 0 Å². The van der Waals surface area contributed by atoms with E-state index in [0.29, 0.717) is 5.92 Å². The Morgan fingerprint density at radius 1 is 1.45 bits per heavy atom. The fraction of sp³-hybridized carbons (Fsp3) is 0.333. The highest BCUT2D eigenvalue weighted by molar-refractivity contribution is 7.99. The van der Waals surface area contributed by atoms with E-state index in [1.807, 2.05) is 11.8 Å². The van der Waals surface area contributed by atoms with Gasteiger partial charge in [0.15, 0.2) is 0 Å². The number of hydrogen-bond donors (Lipinski definition) is 0. The first-order valence-electron chi connectivity index (χ1n) is 3.69. The summed E-state index contributed by atoms with van der Waals surface area (Å²) in [4.78, 5) is 1.41. The van der Waals surface area contributed by atoms with E-state index in [4.69, 9.17) is 11.6 Å². The normalized spacial score (nSPS) is 21.7. The molecule has 2 heteroatoms. The maximum Gasteiger partial charge on any atom is 0.0300 e. The second kappa shape index (κ2) is 3.08. The van der Waals surface area contributed by atoms with Crippen LogP contribution in [0.5, 0.6) is 0 Å². The highest BCUT2D eigenvalue weighted by Gasteiger charge is 2.20. The lowest BCUT2D eigenvalue weighted by Crippen LogP contribution is -1.96. The number of thioether (sulfide) groups is 1. The summed E-state index contributed by atoms with van der Waals surface area (Å²) < 4.78 is 0. The van der Waals surface area contributed by atoms with Crippen LogP contribution in [0, 0.1) is 0 Å². The van der Waals surface area contributed by atoms with Gasteiger partial charge in [0.05, 0.1) is 0 Å². The van der Waals surface area contributed by atoms with Gasteiger partial charge in [-0.1, -0.05) is 18.2 Å². The average molecular weight is 185 g/mol. The van der Waals surface area contributed by atoms with E-state index in [-0.39, 0.29) is 0 Å². The molecule has 0 radical (unpaired) electrons. The Bertz CT molecular complexity index is 259. The first-order valence-corrected chi connectivity index (χ1v) is 5.21. The Labute approximate surface area is 75.9 Å². The van der Waals surface area contributed by atoms with Crippen LogP contribution in [0.1, 0.15) is 11.5 Å². The molecule has 1 aliphatic rings. The molecule has 0 aromatic heterocycles. The fourth-order valence-electron chi connectivity index (χ4n) is 1.36. The van der Waals surface area contributed by atoms with Crippen LogP contribution in [0.15, 0.2) is 29.2 Å². The van der Waals surface area contributed by atoms with E-state index in [9.17, 15) is 0 Å². The molecule has 0 aliphatic carbocycles. The van der Waals surface area contributed by atoms with Crippen molar-refractivity contribution < 1.29 is 0 Å². The third-order valence-electron chi connectivity index (χ3n) is 1.99. The highest BCUT2D eigenvalue weighted by atomic mass is 35.5. The molecule has 1 aliphatic heterocycles. The van der Waals surface area contributed by atoms with Gasteiger partial charge in [-0.25, -0.2) is 0 Å². The fourth-order valence-corrected chi connectivity index (χ4v) is 3.02. The highest BCUT2D eigenvalue weighted by Crippen LogP contribution is 2.39. The SMILES string of the molecule is ClCC1CSc2ccccc21. The van der Waals surface area contributed by atoms with Crippen molar-refractivity contribution in [3.8, 4) is 0 Å². The van der Waals surface area contributed by atoms with Crippen molar-refractivity contribution in [1.29, 1.82) is 0 Å². The summed E-state index contributed by atoms with van der Waals surface area (Å²) in [7, 11) is 0. The topological polar surface area (TPSA) is 0 Å². The van der Waals surface area contributed by atoms with Gasteiger partial charge >= 0.3 is 0 Å². The monoisotopic (exact) mass is 184 g/mol. The minimum absolute atomic E-state index is 0.581. The molecule has 1 heterocycles. The molecular formula is C9H9ClS. The lowest BCUT2D eigenvalue weighted by atomic mass is 10.0. The van der Waals surface area contributed by atoms with Gasteiger partial charge in [0.1, 0.15) is 0 Å². The van der Waals surface area contributed by atoms with E-state index in [1.165, 1.54) is 10.5 Å². The van der Waals surface area contributed by atoms with Crippen molar-refractivity contribution in [2.45, 2.75) is 10.8 Å². The average Bonchev–Trinajstić information content (AvgIpc) is 2.47. The molecule has 1 atom stereocenters. The molecule has 0 fully saturated rings. The molecule has 0 bridgehead atoms. The maximum atomic E-state index is 5.82. The summed E-state index contributed by atoms with van der Waals surface area (Å²) in [5, 5.41) is 0. The van der Waals surface area contributed by atoms with Crippen molar-refractivity contribution in [3.05, 3.63) is 29.8 Å². The second-order valence-electron chi connectivity index (χ2n) is 2.70. The molecule has 2 rings (SSSR count). The lowest BCUT2D eigenvalue weighted by Gasteiger charge is -2.03. The molecule has 0 spiro atoms. The van der Waals surface area contributed by atoms with Crippen LogP contribution in [0.3, 0.4) is 0 Å². The predicted octanol–water partition coefficient (Wildman–Crippen LogP) is 3.11. The minimum Gasteiger partial charge on any atom is -0.126 e. The summed E-state index contributed by atoms with van der Waals surface area (Å²) in [6, 6.07) is 8.53. The van der Waals surface area contributed by atoms with Crippen molar-refractivity contribution >= 4 is 23.4 Å². The number of hydrogen-bond acceptors (Lipinski definition) is 1. The third kappa shape index (κ3) is 1.27. The Hall–Kier alpha value is -0.140. The van der Waals surface area contributed by atoms with Crippen molar-refractivity contribution in [2.75, 3.05) is 11.6 Å². The van der Waals surface area contributed by atoms with Gasteiger partial charge in [0, 0.05) is 22.4 Å². The van der Waals surface area contributed by atoms with Gasteiger partial charge in [-0.15, -0.1) is 23.4 Å². The van der Waals surface area contributed by atoms with Gasteiger partial charge in [-0.3, -0.25) is 0 Å². The molecule has 1 unspecified atom stereocenters. The first-order chi connectivity index (χ1) is 5.42. The van der Waals surface area contributed by atoms with Crippen LogP contribution < -0.4 is 0 Å². The summed E-state index contributed by atoms with van der Waals surface area (Å²) in [6.45, 7) is 0. The quantitative estimate of drug-likeness (QED) is 0.605. The van der Waals surface area contributed by atoms with Crippen LogP contribution in [-0.4, -0.2) is 11.6 Å². The molecular weight excluding hydrogens is 176 g/mol. The Balaban J connectivity index is 2.39. The smallest absolute Gasteiger partial charge is 0.0300 e. The maximum absolute atomic E-state index is 5.82. The van der Waals surface area contributed by atoms with Crippen LogP contribution in [-0.2, 0) is 0 Å². The zero-order valence-electron chi connectivity index (χ0n) is 6.09. The van der Waals surface area contributed by atoms with Crippen LogP contribution in [0.2, 0.25) is 0 Å². The molecule has 0 amide bonds. The molecule has 0 nitrogen and oxygen atoms in total. The number of rotatable bonds is 1. The number of alkyl halides is 1. The van der Waals surface area contributed by atoms with Gasteiger partial charge in [-0.05, 0) is 11.6 Å². The van der Waals surface area contributed by atoms with Gasteiger partial charge in [0.2, 0.25) is 0 Å². The summed E-state index contributed by atoms with van der Waals surface area (Å²) in [6.07, 6.45) is 0. The number of fused-ring (bicyclic) bond motifs is 1. The molecule has 58 valence electrons. The molecule has 0 N–H and O–H groups in total. The number of halogens is 1. The largest absolute Gasteiger partial charge is 0.126 e. The van der Waals surface area contributed by atoms with Crippen molar-refractivity contribution in [1.82, 2.24) is 0 Å². The van der Waals surface area contributed by atoms with E-state index in [2.05, 4.69) is 24.3 Å². The second-order valence-corrected chi connectivity index (χ2v) is 4.07.